The number of ether oxygens (including phenoxy) is 1. The van der Waals surface area contributed by atoms with Gasteiger partial charge < -0.3 is 4.74 Å². The van der Waals surface area contributed by atoms with Gasteiger partial charge in [-0.25, -0.2) is 0 Å². The molecule has 2 rings (SSSR count). The fourth-order valence-electron chi connectivity index (χ4n) is 1.51. The van der Waals surface area contributed by atoms with E-state index in [4.69, 9.17) is 4.74 Å². The molecular weight excluding hydrogens is 262 g/mol. The molecule has 0 fully saturated rings. The van der Waals surface area contributed by atoms with E-state index in [0.717, 1.165) is 10.5 Å². The highest BCUT2D eigenvalue weighted by Gasteiger charge is 2.03. The Labute approximate surface area is 115 Å². The first kappa shape index (κ1) is 13.6. The van der Waals surface area contributed by atoms with Crippen molar-refractivity contribution in [3.63, 3.8) is 0 Å². The number of benzene rings is 2. The summed E-state index contributed by atoms with van der Waals surface area (Å²) >= 11 is 1.52. The number of thioether (sulfide) groups is 1. The number of rotatable bonds is 6. The van der Waals surface area contributed by atoms with Crippen LogP contribution in [-0.2, 0) is 11.3 Å². The van der Waals surface area contributed by atoms with Gasteiger partial charge in [0.15, 0.2) is 0 Å². The van der Waals surface area contributed by atoms with Crippen LogP contribution in [0, 0.1) is 10.1 Å². The molecule has 0 heterocycles. The minimum absolute atomic E-state index is 0.106. The van der Waals surface area contributed by atoms with Crippen molar-refractivity contribution in [2.45, 2.75) is 11.5 Å². The van der Waals surface area contributed by atoms with E-state index in [2.05, 4.69) is 0 Å². The van der Waals surface area contributed by atoms with Gasteiger partial charge in [-0.05, 0) is 17.7 Å². The maximum atomic E-state index is 10.5. The average Bonchev–Trinajstić information content (AvgIpc) is 2.45. The van der Waals surface area contributed by atoms with Gasteiger partial charge in [0, 0.05) is 17.0 Å². The van der Waals surface area contributed by atoms with E-state index < -0.39 is 4.92 Å². The maximum absolute atomic E-state index is 10.5. The minimum atomic E-state index is -0.402. The van der Waals surface area contributed by atoms with E-state index in [1.165, 1.54) is 23.9 Å². The summed E-state index contributed by atoms with van der Waals surface area (Å²) in [5.74, 6) is 0.521. The van der Waals surface area contributed by atoms with Crippen LogP contribution in [0.4, 0.5) is 5.69 Å². The first-order chi connectivity index (χ1) is 9.25. The summed E-state index contributed by atoms with van der Waals surface area (Å²) < 4.78 is 5.53. The largest absolute Gasteiger partial charge is 0.366 e. The second kappa shape index (κ2) is 6.92. The summed E-state index contributed by atoms with van der Waals surface area (Å²) in [6, 6.07) is 16.4. The molecule has 0 aliphatic carbocycles. The van der Waals surface area contributed by atoms with E-state index in [1.807, 2.05) is 30.3 Å². The van der Waals surface area contributed by atoms with Gasteiger partial charge >= 0.3 is 0 Å². The summed E-state index contributed by atoms with van der Waals surface area (Å²) in [7, 11) is 0. The Morgan fingerprint density at radius 1 is 1.05 bits per heavy atom. The third-order valence-electron chi connectivity index (χ3n) is 2.47. The number of nitrogens with zero attached hydrogens (tertiary/aromatic N) is 1. The van der Waals surface area contributed by atoms with Gasteiger partial charge in [0.2, 0.25) is 0 Å². The summed E-state index contributed by atoms with van der Waals surface area (Å²) in [6.07, 6.45) is 0. The van der Waals surface area contributed by atoms with Gasteiger partial charge in [0.25, 0.3) is 5.69 Å². The van der Waals surface area contributed by atoms with Crippen LogP contribution in [0.15, 0.2) is 59.5 Å². The highest BCUT2D eigenvalue weighted by atomic mass is 32.2. The molecule has 0 bridgehead atoms. The van der Waals surface area contributed by atoms with E-state index in [-0.39, 0.29) is 5.69 Å². The Balaban J connectivity index is 1.75. The molecule has 0 aromatic heterocycles. The van der Waals surface area contributed by atoms with Crippen LogP contribution in [0.2, 0.25) is 0 Å². The molecule has 0 atom stereocenters. The number of nitro benzene ring substituents is 1. The van der Waals surface area contributed by atoms with Crippen molar-refractivity contribution in [2.75, 3.05) is 5.94 Å². The molecular formula is C14H13NO3S. The molecule has 0 saturated heterocycles. The fourth-order valence-corrected chi connectivity index (χ4v) is 2.14. The summed E-state index contributed by atoms with van der Waals surface area (Å²) in [5, 5.41) is 10.5. The lowest BCUT2D eigenvalue weighted by atomic mass is 10.2. The molecule has 4 nitrogen and oxygen atoms in total. The van der Waals surface area contributed by atoms with Gasteiger partial charge in [-0.15, -0.1) is 0 Å². The number of hydrogen-bond acceptors (Lipinski definition) is 4. The highest BCUT2D eigenvalue weighted by Crippen LogP contribution is 2.21. The number of hydrogen-bond donors (Lipinski definition) is 0. The zero-order valence-corrected chi connectivity index (χ0v) is 11.0. The SMILES string of the molecule is O=[N+]([O-])c1ccc(SCOCc2ccccc2)cc1. The topological polar surface area (TPSA) is 52.4 Å². The molecule has 0 spiro atoms. The molecule has 0 aliphatic rings. The van der Waals surface area contributed by atoms with Gasteiger partial charge in [-0.1, -0.05) is 42.1 Å². The second-order valence-corrected chi connectivity index (χ2v) is 4.84. The first-order valence-corrected chi connectivity index (χ1v) is 6.73. The van der Waals surface area contributed by atoms with E-state index in [9.17, 15) is 10.1 Å². The summed E-state index contributed by atoms with van der Waals surface area (Å²) in [5.41, 5.74) is 1.24. The molecule has 5 heteroatoms. The molecule has 2 aromatic rings. The Morgan fingerprint density at radius 3 is 2.37 bits per heavy atom. The van der Waals surface area contributed by atoms with Crippen LogP contribution in [0.25, 0.3) is 0 Å². The smallest absolute Gasteiger partial charge is 0.269 e. The Hall–Kier alpha value is -1.85. The molecule has 0 saturated carbocycles. The summed E-state index contributed by atoms with van der Waals surface area (Å²) in [4.78, 5) is 11.1. The zero-order chi connectivity index (χ0) is 13.5. The molecule has 2 aromatic carbocycles. The Morgan fingerprint density at radius 2 is 1.74 bits per heavy atom. The third kappa shape index (κ3) is 4.39. The van der Waals surface area contributed by atoms with E-state index in [0.29, 0.717) is 12.5 Å². The van der Waals surface area contributed by atoms with Crippen molar-refractivity contribution in [1.29, 1.82) is 0 Å². The molecule has 0 unspecified atom stereocenters. The Bertz CT molecular complexity index is 528. The maximum Gasteiger partial charge on any atom is 0.269 e. The molecule has 0 amide bonds. The van der Waals surface area contributed by atoms with E-state index >= 15 is 0 Å². The summed E-state index contributed by atoms with van der Waals surface area (Å²) in [6.45, 7) is 0.570. The lowest BCUT2D eigenvalue weighted by Gasteiger charge is -2.04. The monoisotopic (exact) mass is 275 g/mol. The van der Waals surface area contributed by atoms with Crippen LogP contribution < -0.4 is 0 Å². The van der Waals surface area contributed by atoms with Crippen molar-refractivity contribution in [2.24, 2.45) is 0 Å². The van der Waals surface area contributed by atoms with Gasteiger partial charge in [-0.2, -0.15) is 0 Å². The predicted molar refractivity (Wildman–Crippen MR) is 75.1 cm³/mol. The van der Waals surface area contributed by atoms with Crippen LogP contribution in [0.3, 0.4) is 0 Å². The third-order valence-corrected chi connectivity index (χ3v) is 3.36. The average molecular weight is 275 g/mol. The number of non-ortho nitro benzene ring substituents is 1. The van der Waals surface area contributed by atoms with Crippen LogP contribution in [-0.4, -0.2) is 10.9 Å². The minimum Gasteiger partial charge on any atom is -0.366 e. The first-order valence-electron chi connectivity index (χ1n) is 5.74. The molecule has 19 heavy (non-hydrogen) atoms. The standard InChI is InChI=1S/C14H13NO3S/c16-15(17)13-6-8-14(9-7-13)19-11-18-10-12-4-2-1-3-5-12/h1-9H,10-11H2. The van der Waals surface area contributed by atoms with Gasteiger partial charge in [-0.3, -0.25) is 10.1 Å². The van der Waals surface area contributed by atoms with Crippen molar-refractivity contribution >= 4 is 17.4 Å². The fraction of sp³-hybridized carbons (Fsp3) is 0.143. The quantitative estimate of drug-likeness (QED) is 0.264. The van der Waals surface area contributed by atoms with Crippen molar-refractivity contribution < 1.29 is 9.66 Å². The Kier molecular flexibility index (Phi) is 4.94. The molecule has 0 aliphatic heterocycles. The molecule has 98 valence electrons. The molecule has 0 radical (unpaired) electrons. The number of nitro groups is 1. The normalized spacial score (nSPS) is 10.3. The lowest BCUT2D eigenvalue weighted by molar-refractivity contribution is -0.384. The van der Waals surface area contributed by atoms with Gasteiger partial charge in [0.1, 0.15) is 0 Å². The highest BCUT2D eigenvalue weighted by molar-refractivity contribution is 7.99. The van der Waals surface area contributed by atoms with Crippen LogP contribution in [0.5, 0.6) is 0 Å². The zero-order valence-electron chi connectivity index (χ0n) is 10.2. The van der Waals surface area contributed by atoms with E-state index in [1.54, 1.807) is 12.1 Å². The van der Waals surface area contributed by atoms with Crippen LogP contribution in [0.1, 0.15) is 5.56 Å². The second-order valence-electron chi connectivity index (χ2n) is 3.85. The van der Waals surface area contributed by atoms with Crippen molar-refractivity contribution in [3.05, 3.63) is 70.3 Å². The van der Waals surface area contributed by atoms with Crippen LogP contribution >= 0.6 is 11.8 Å². The van der Waals surface area contributed by atoms with Crippen molar-refractivity contribution in [3.8, 4) is 0 Å². The lowest BCUT2D eigenvalue weighted by Crippen LogP contribution is -1.92. The van der Waals surface area contributed by atoms with Crippen molar-refractivity contribution in [1.82, 2.24) is 0 Å². The molecule has 0 N–H and O–H groups in total. The predicted octanol–water partition coefficient (Wildman–Crippen LogP) is 3.86. The van der Waals surface area contributed by atoms with Gasteiger partial charge in [0.05, 0.1) is 17.5 Å².